The van der Waals surface area contributed by atoms with Crippen LogP contribution in [0.15, 0.2) is 34.8 Å². The number of nitrogens with zero attached hydrogens (tertiary/aromatic N) is 3. The second kappa shape index (κ2) is 5.71. The lowest BCUT2D eigenvalue weighted by molar-refractivity contribution is -0.386. The summed E-state index contributed by atoms with van der Waals surface area (Å²) < 4.78 is 5.34. The summed E-state index contributed by atoms with van der Waals surface area (Å²) in [5.41, 5.74) is 4.83. The van der Waals surface area contributed by atoms with Crippen LogP contribution in [-0.4, -0.2) is 14.8 Å². The van der Waals surface area contributed by atoms with Gasteiger partial charge in [0, 0.05) is 12.1 Å². The summed E-state index contributed by atoms with van der Waals surface area (Å²) >= 11 is 3.02. The number of anilines is 1. The lowest BCUT2D eigenvalue weighted by atomic mass is 10.3. The van der Waals surface area contributed by atoms with Gasteiger partial charge in [-0.1, -0.05) is 6.07 Å². The Hall–Kier alpha value is -2.75. The molecular weight excluding hydrogens is 348 g/mol. The minimum absolute atomic E-state index is 0.0189. The topological polar surface area (TPSA) is 134 Å². The number of pyridine rings is 1. The van der Waals surface area contributed by atoms with E-state index in [0.29, 0.717) is 0 Å². The molecule has 0 radical (unpaired) electrons. The third-order valence-electron chi connectivity index (χ3n) is 2.40. The number of nitrogen functional groups attached to an aromatic ring is 1. The molecule has 0 aliphatic carbocycles. The Morgan fingerprint density at radius 3 is 2.38 bits per heavy atom. The zero-order valence-electron chi connectivity index (χ0n) is 10.2. The first-order chi connectivity index (χ1) is 9.90. The summed E-state index contributed by atoms with van der Waals surface area (Å²) in [6, 6.07) is 6.45. The molecular formula is C11H7BrN4O5. The van der Waals surface area contributed by atoms with Crippen molar-refractivity contribution in [2.45, 2.75) is 0 Å². The largest absolute Gasteiger partial charge is 0.432 e. The molecule has 1 aromatic carbocycles. The van der Waals surface area contributed by atoms with E-state index in [-0.39, 0.29) is 27.6 Å². The highest BCUT2D eigenvalue weighted by molar-refractivity contribution is 9.10. The van der Waals surface area contributed by atoms with Crippen molar-refractivity contribution < 1.29 is 14.6 Å². The molecule has 108 valence electrons. The number of benzene rings is 1. The fourth-order valence-electron chi connectivity index (χ4n) is 1.48. The summed E-state index contributed by atoms with van der Waals surface area (Å²) in [6.45, 7) is 0. The molecule has 10 heteroatoms. The molecule has 1 heterocycles. The molecule has 0 saturated carbocycles. The van der Waals surface area contributed by atoms with Gasteiger partial charge in [0.15, 0.2) is 5.75 Å². The average Bonchev–Trinajstić information content (AvgIpc) is 2.40. The standard InChI is InChI=1S/C11H7BrN4O5/c12-10-6(15(17)18)2-1-3-8(10)21-11-7(16(19)20)4-5-9(13)14-11/h1-5H,(H2,13,14). The molecule has 0 aliphatic heterocycles. The number of nitro groups is 2. The monoisotopic (exact) mass is 354 g/mol. The van der Waals surface area contributed by atoms with E-state index in [4.69, 9.17) is 10.5 Å². The summed E-state index contributed by atoms with van der Waals surface area (Å²) in [4.78, 5) is 24.2. The third kappa shape index (κ3) is 3.05. The highest BCUT2D eigenvalue weighted by Crippen LogP contribution is 2.38. The molecule has 0 unspecified atom stereocenters. The Labute approximate surface area is 125 Å². The molecule has 0 aliphatic rings. The summed E-state index contributed by atoms with van der Waals surface area (Å²) in [6.07, 6.45) is 0. The van der Waals surface area contributed by atoms with Crippen molar-refractivity contribution in [2.75, 3.05) is 5.73 Å². The SMILES string of the molecule is Nc1ccc([N+](=O)[O-])c(Oc2cccc([N+](=O)[O-])c2Br)n1. The summed E-state index contributed by atoms with van der Waals surface area (Å²) in [7, 11) is 0. The van der Waals surface area contributed by atoms with Crippen LogP contribution in [-0.2, 0) is 0 Å². The minimum atomic E-state index is -0.687. The third-order valence-corrected chi connectivity index (χ3v) is 3.20. The van der Waals surface area contributed by atoms with E-state index in [1.165, 1.54) is 24.3 Å². The molecule has 0 atom stereocenters. The van der Waals surface area contributed by atoms with E-state index in [2.05, 4.69) is 20.9 Å². The van der Waals surface area contributed by atoms with Crippen molar-refractivity contribution in [3.05, 3.63) is 55.0 Å². The fraction of sp³-hybridized carbons (Fsp3) is 0. The van der Waals surface area contributed by atoms with Crippen LogP contribution < -0.4 is 10.5 Å². The zero-order chi connectivity index (χ0) is 15.6. The van der Waals surface area contributed by atoms with E-state index in [0.717, 1.165) is 6.07 Å². The van der Waals surface area contributed by atoms with Crippen LogP contribution in [0.4, 0.5) is 17.2 Å². The van der Waals surface area contributed by atoms with E-state index >= 15 is 0 Å². The maximum absolute atomic E-state index is 10.9. The van der Waals surface area contributed by atoms with Gasteiger partial charge in [-0.3, -0.25) is 20.2 Å². The van der Waals surface area contributed by atoms with Crippen LogP contribution in [0.1, 0.15) is 0 Å². The minimum Gasteiger partial charge on any atom is -0.432 e. The Kier molecular flexibility index (Phi) is 3.98. The van der Waals surface area contributed by atoms with Crippen LogP contribution in [0.2, 0.25) is 0 Å². The van der Waals surface area contributed by atoms with Crippen LogP contribution in [0, 0.1) is 20.2 Å². The zero-order valence-corrected chi connectivity index (χ0v) is 11.8. The van der Waals surface area contributed by atoms with Gasteiger partial charge in [-0.05, 0) is 28.1 Å². The van der Waals surface area contributed by atoms with E-state index in [1.54, 1.807) is 0 Å². The second-order valence-corrected chi connectivity index (χ2v) is 4.56. The van der Waals surface area contributed by atoms with Gasteiger partial charge < -0.3 is 10.5 Å². The van der Waals surface area contributed by atoms with E-state index < -0.39 is 15.5 Å². The maximum atomic E-state index is 10.9. The summed E-state index contributed by atoms with van der Waals surface area (Å²) in [5, 5.41) is 21.7. The van der Waals surface area contributed by atoms with Crippen molar-refractivity contribution in [1.29, 1.82) is 0 Å². The number of hydrogen-bond donors (Lipinski definition) is 1. The first kappa shape index (κ1) is 14.7. The Balaban J connectivity index is 2.48. The predicted molar refractivity (Wildman–Crippen MR) is 76.2 cm³/mol. The molecule has 2 rings (SSSR count). The van der Waals surface area contributed by atoms with Gasteiger partial charge in [0.05, 0.1) is 9.85 Å². The Morgan fingerprint density at radius 1 is 1.10 bits per heavy atom. The predicted octanol–water partition coefficient (Wildman–Crippen LogP) is 3.04. The Bertz CT molecular complexity index is 737. The highest BCUT2D eigenvalue weighted by Gasteiger charge is 2.22. The number of hydrogen-bond acceptors (Lipinski definition) is 7. The van der Waals surface area contributed by atoms with Crippen LogP contribution in [0.3, 0.4) is 0 Å². The highest BCUT2D eigenvalue weighted by atomic mass is 79.9. The van der Waals surface area contributed by atoms with Crippen LogP contribution in [0.5, 0.6) is 11.6 Å². The number of ether oxygens (including phenoxy) is 1. The molecule has 1 aromatic heterocycles. The van der Waals surface area contributed by atoms with Crippen LogP contribution in [0.25, 0.3) is 0 Å². The molecule has 0 spiro atoms. The first-order valence-corrected chi connectivity index (χ1v) is 6.21. The van der Waals surface area contributed by atoms with Crippen molar-refractivity contribution in [3.8, 4) is 11.6 Å². The summed E-state index contributed by atoms with van der Waals surface area (Å²) in [5.74, 6) is -0.302. The smallest absolute Gasteiger partial charge is 0.331 e. The van der Waals surface area contributed by atoms with Gasteiger partial charge in [0.25, 0.3) is 5.69 Å². The van der Waals surface area contributed by atoms with Gasteiger partial charge in [-0.2, -0.15) is 4.98 Å². The number of nitrogens with two attached hydrogens (primary N) is 1. The van der Waals surface area contributed by atoms with Gasteiger partial charge in [-0.25, -0.2) is 0 Å². The average molecular weight is 355 g/mol. The van der Waals surface area contributed by atoms with Crippen molar-refractivity contribution in [1.82, 2.24) is 4.98 Å². The molecule has 0 bridgehead atoms. The molecule has 0 amide bonds. The molecule has 2 aromatic rings. The van der Waals surface area contributed by atoms with Crippen molar-refractivity contribution in [2.24, 2.45) is 0 Å². The molecule has 21 heavy (non-hydrogen) atoms. The van der Waals surface area contributed by atoms with E-state index in [1.807, 2.05) is 0 Å². The molecule has 0 fully saturated rings. The number of aromatic nitrogens is 1. The van der Waals surface area contributed by atoms with Crippen molar-refractivity contribution in [3.63, 3.8) is 0 Å². The maximum Gasteiger partial charge on any atom is 0.331 e. The van der Waals surface area contributed by atoms with E-state index in [9.17, 15) is 20.2 Å². The second-order valence-electron chi connectivity index (χ2n) is 3.77. The lowest BCUT2D eigenvalue weighted by Crippen LogP contribution is -2.00. The first-order valence-electron chi connectivity index (χ1n) is 5.42. The van der Waals surface area contributed by atoms with Gasteiger partial charge in [0.1, 0.15) is 10.3 Å². The fourth-order valence-corrected chi connectivity index (χ4v) is 1.97. The quantitative estimate of drug-likeness (QED) is 0.658. The molecule has 2 N–H and O–H groups in total. The lowest BCUT2D eigenvalue weighted by Gasteiger charge is -2.07. The molecule has 9 nitrogen and oxygen atoms in total. The van der Waals surface area contributed by atoms with Gasteiger partial charge in [0.2, 0.25) is 0 Å². The van der Waals surface area contributed by atoms with Crippen molar-refractivity contribution >= 4 is 33.1 Å². The van der Waals surface area contributed by atoms with Gasteiger partial charge in [-0.15, -0.1) is 0 Å². The van der Waals surface area contributed by atoms with Crippen LogP contribution >= 0.6 is 15.9 Å². The number of rotatable bonds is 4. The normalized spacial score (nSPS) is 10.1. The van der Waals surface area contributed by atoms with Gasteiger partial charge >= 0.3 is 11.6 Å². The Morgan fingerprint density at radius 2 is 1.76 bits per heavy atom. The number of halogens is 1. The molecule has 0 saturated heterocycles. The number of nitro benzene ring substituents is 1.